The first-order valence-electron chi connectivity index (χ1n) is 14.8. The van der Waals surface area contributed by atoms with Crippen LogP contribution in [0.5, 0.6) is 5.75 Å². The maximum absolute atomic E-state index is 14.0. The lowest BCUT2D eigenvalue weighted by Crippen LogP contribution is -2.50. The highest BCUT2D eigenvalue weighted by Gasteiger charge is 2.31. The van der Waals surface area contributed by atoms with Crippen molar-refractivity contribution in [2.24, 2.45) is 0 Å². The van der Waals surface area contributed by atoms with E-state index < -0.39 is 16.1 Å². The Morgan fingerprint density at radius 2 is 1.57 bits per heavy atom. The summed E-state index contributed by atoms with van der Waals surface area (Å²) in [6, 6.07) is 20.7. The molecule has 1 atom stereocenters. The lowest BCUT2D eigenvalue weighted by molar-refractivity contribution is -0.141. The number of rotatable bonds is 17. The fourth-order valence-corrected chi connectivity index (χ4v) is 6.32. The van der Waals surface area contributed by atoms with Crippen LogP contribution in [0.25, 0.3) is 0 Å². The van der Waals surface area contributed by atoms with Crippen molar-refractivity contribution in [3.8, 4) is 5.75 Å². The van der Waals surface area contributed by atoms with Crippen LogP contribution in [0.1, 0.15) is 50.7 Å². The number of para-hydroxylation sites is 2. The Bertz CT molecular complexity index is 1470. The van der Waals surface area contributed by atoms with Crippen molar-refractivity contribution in [3.63, 3.8) is 0 Å². The number of nitrogens with one attached hydrogen (secondary N) is 1. The largest absolute Gasteiger partial charge is 0.492 e. The second-order valence-electron chi connectivity index (χ2n) is 10.4. The summed E-state index contributed by atoms with van der Waals surface area (Å²) >= 11 is 13.0. The highest BCUT2D eigenvalue weighted by atomic mass is 35.5. The van der Waals surface area contributed by atoms with Gasteiger partial charge in [0.2, 0.25) is 21.8 Å². The number of benzene rings is 3. The molecule has 3 rings (SSSR count). The first-order valence-corrected chi connectivity index (χ1v) is 17.4. The Hall–Kier alpha value is -3.27. The van der Waals surface area contributed by atoms with Crippen molar-refractivity contribution in [1.29, 1.82) is 0 Å². The third-order valence-corrected chi connectivity index (χ3v) is 8.96. The van der Waals surface area contributed by atoms with Gasteiger partial charge in [-0.3, -0.25) is 13.9 Å². The molecule has 1 N–H and O–H groups in total. The van der Waals surface area contributed by atoms with E-state index in [9.17, 15) is 18.0 Å². The average molecular weight is 663 g/mol. The van der Waals surface area contributed by atoms with Gasteiger partial charge >= 0.3 is 0 Å². The molecule has 1 unspecified atom stereocenters. The lowest BCUT2D eigenvalue weighted by atomic mass is 10.0. The number of unbranched alkanes of at least 4 members (excludes halogenated alkanes) is 1. The highest BCUT2D eigenvalue weighted by molar-refractivity contribution is 7.92. The summed E-state index contributed by atoms with van der Waals surface area (Å²) in [7, 11) is -3.69. The van der Waals surface area contributed by atoms with E-state index in [4.69, 9.17) is 27.9 Å². The summed E-state index contributed by atoms with van der Waals surface area (Å²) in [5, 5.41) is 3.76. The van der Waals surface area contributed by atoms with Crippen molar-refractivity contribution in [1.82, 2.24) is 10.2 Å². The van der Waals surface area contributed by atoms with Crippen molar-refractivity contribution < 1.29 is 22.7 Å². The van der Waals surface area contributed by atoms with E-state index in [-0.39, 0.29) is 44.2 Å². The van der Waals surface area contributed by atoms with Gasteiger partial charge in [-0.25, -0.2) is 8.42 Å². The number of ether oxygens (including phenoxy) is 1. The normalized spacial score (nSPS) is 11.9. The molecular formula is C33H41Cl2N3O5S. The van der Waals surface area contributed by atoms with Gasteiger partial charge in [-0.2, -0.15) is 0 Å². The molecule has 0 heterocycles. The smallest absolute Gasteiger partial charge is 0.243 e. The zero-order chi connectivity index (χ0) is 32.1. The summed E-state index contributed by atoms with van der Waals surface area (Å²) in [5.41, 5.74) is 1.83. The molecule has 0 aliphatic carbocycles. The molecular weight excluding hydrogens is 621 g/mol. The molecule has 0 bridgehead atoms. The van der Waals surface area contributed by atoms with E-state index in [1.807, 2.05) is 44.2 Å². The summed E-state index contributed by atoms with van der Waals surface area (Å²) < 4.78 is 32.6. The second-order valence-corrected chi connectivity index (χ2v) is 13.1. The van der Waals surface area contributed by atoms with E-state index in [2.05, 4.69) is 5.32 Å². The maximum atomic E-state index is 14.0. The van der Waals surface area contributed by atoms with E-state index in [1.165, 1.54) is 9.21 Å². The SMILES string of the molecule is CCCCNC(=O)C(Cc1ccccc1)N(Cc1c(Cl)cccc1Cl)C(=O)CCCN(c1ccccc1OCC)S(C)(=O)=O. The Morgan fingerprint density at radius 3 is 2.20 bits per heavy atom. The second kappa shape index (κ2) is 17.3. The molecule has 0 saturated heterocycles. The number of anilines is 1. The quantitative estimate of drug-likeness (QED) is 0.167. The maximum Gasteiger partial charge on any atom is 0.243 e. The lowest BCUT2D eigenvalue weighted by Gasteiger charge is -2.32. The molecule has 2 amide bonds. The van der Waals surface area contributed by atoms with Crippen LogP contribution in [0.15, 0.2) is 72.8 Å². The van der Waals surface area contributed by atoms with Crippen molar-refractivity contribution in [3.05, 3.63) is 94.0 Å². The molecule has 0 aliphatic heterocycles. The van der Waals surface area contributed by atoms with Crippen molar-refractivity contribution in [2.75, 3.05) is 30.3 Å². The molecule has 0 aromatic heterocycles. The van der Waals surface area contributed by atoms with Gasteiger partial charge in [-0.15, -0.1) is 0 Å². The molecule has 0 spiro atoms. The van der Waals surface area contributed by atoms with Crippen LogP contribution < -0.4 is 14.4 Å². The van der Waals surface area contributed by atoms with Crippen LogP contribution in [0.3, 0.4) is 0 Å². The molecule has 0 radical (unpaired) electrons. The molecule has 0 saturated carbocycles. The van der Waals surface area contributed by atoms with E-state index in [1.54, 1.807) is 42.5 Å². The molecule has 8 nitrogen and oxygen atoms in total. The van der Waals surface area contributed by atoms with Crippen LogP contribution in [-0.2, 0) is 32.6 Å². The zero-order valence-corrected chi connectivity index (χ0v) is 27.8. The predicted octanol–water partition coefficient (Wildman–Crippen LogP) is 6.49. The molecule has 3 aromatic rings. The number of halogens is 2. The van der Waals surface area contributed by atoms with Gasteiger partial charge in [0.25, 0.3) is 0 Å². The van der Waals surface area contributed by atoms with Gasteiger partial charge in [0.05, 0.1) is 18.6 Å². The van der Waals surface area contributed by atoms with Gasteiger partial charge in [0, 0.05) is 48.1 Å². The number of carbonyl (C=O) groups is 2. The third-order valence-electron chi connectivity index (χ3n) is 7.08. The van der Waals surface area contributed by atoms with Gasteiger partial charge in [0.15, 0.2) is 0 Å². The van der Waals surface area contributed by atoms with Crippen LogP contribution in [0.4, 0.5) is 5.69 Å². The number of hydrogen-bond acceptors (Lipinski definition) is 5. The first kappa shape index (κ1) is 35.2. The number of amides is 2. The fourth-order valence-electron chi connectivity index (χ4n) is 4.84. The average Bonchev–Trinajstić information content (AvgIpc) is 2.99. The molecule has 0 aliphatic rings. The molecule has 11 heteroatoms. The minimum Gasteiger partial charge on any atom is -0.492 e. The van der Waals surface area contributed by atoms with Crippen molar-refractivity contribution in [2.45, 2.75) is 58.5 Å². The summed E-state index contributed by atoms with van der Waals surface area (Å²) in [6.07, 6.45) is 3.31. The van der Waals surface area contributed by atoms with Gasteiger partial charge in [-0.1, -0.05) is 85.1 Å². The highest BCUT2D eigenvalue weighted by Crippen LogP contribution is 2.31. The van der Waals surface area contributed by atoms with Crippen LogP contribution in [0, 0.1) is 0 Å². The zero-order valence-electron chi connectivity index (χ0n) is 25.5. The number of carbonyl (C=O) groups excluding carboxylic acids is 2. The third kappa shape index (κ3) is 10.1. The van der Waals surface area contributed by atoms with Crippen LogP contribution in [-0.4, -0.2) is 57.1 Å². The van der Waals surface area contributed by atoms with E-state index in [0.29, 0.717) is 40.2 Å². The number of sulfonamides is 1. The Morgan fingerprint density at radius 1 is 0.909 bits per heavy atom. The fraction of sp³-hybridized carbons (Fsp3) is 0.394. The van der Waals surface area contributed by atoms with Crippen LogP contribution >= 0.6 is 23.2 Å². The summed E-state index contributed by atoms with van der Waals surface area (Å²) in [5.74, 6) is -0.158. The van der Waals surface area contributed by atoms with E-state index >= 15 is 0 Å². The predicted molar refractivity (Wildman–Crippen MR) is 178 cm³/mol. The molecule has 0 fully saturated rings. The first-order chi connectivity index (χ1) is 21.1. The standard InChI is InChI=1S/C33H41Cl2N3O5S/c1-4-6-21-36-33(40)30(23-25-14-8-7-9-15-25)37(24-26-27(34)16-12-17-28(26)35)32(39)20-13-22-38(44(3,41)42)29-18-10-11-19-31(29)43-5-2/h7-12,14-19,30H,4-6,13,20-24H2,1-3H3,(H,36,40). The number of hydrogen-bond donors (Lipinski definition) is 1. The van der Waals surface area contributed by atoms with Gasteiger partial charge in [-0.05, 0) is 49.6 Å². The minimum absolute atomic E-state index is 0.0129. The molecule has 44 heavy (non-hydrogen) atoms. The molecule has 238 valence electrons. The van der Waals surface area contributed by atoms with Crippen molar-refractivity contribution >= 4 is 50.7 Å². The molecule has 3 aromatic carbocycles. The van der Waals surface area contributed by atoms with E-state index in [0.717, 1.165) is 24.7 Å². The Balaban J connectivity index is 1.93. The topological polar surface area (TPSA) is 96.0 Å². The summed E-state index contributed by atoms with van der Waals surface area (Å²) in [6.45, 7) is 4.77. The Labute approximate surface area is 271 Å². The number of nitrogens with zero attached hydrogens (tertiary/aromatic N) is 2. The summed E-state index contributed by atoms with van der Waals surface area (Å²) in [4.78, 5) is 29.2. The van der Waals surface area contributed by atoms with Gasteiger partial charge < -0.3 is 15.0 Å². The van der Waals surface area contributed by atoms with Crippen LogP contribution in [0.2, 0.25) is 10.0 Å². The Kier molecular flexibility index (Phi) is 13.8. The minimum atomic E-state index is -3.69. The monoisotopic (exact) mass is 661 g/mol. The van der Waals surface area contributed by atoms with Gasteiger partial charge in [0.1, 0.15) is 11.8 Å².